The van der Waals surface area contributed by atoms with Crippen molar-refractivity contribution in [1.82, 2.24) is 14.9 Å². The number of hydrogen-bond acceptors (Lipinski definition) is 8. The van der Waals surface area contributed by atoms with E-state index in [4.69, 9.17) is 10.6 Å². The van der Waals surface area contributed by atoms with Crippen LogP contribution in [-0.4, -0.2) is 39.4 Å². The van der Waals surface area contributed by atoms with Crippen molar-refractivity contribution in [2.45, 2.75) is 23.5 Å². The predicted octanol–water partition coefficient (Wildman–Crippen LogP) is 3.46. The van der Waals surface area contributed by atoms with Crippen molar-refractivity contribution in [2.24, 2.45) is 0 Å². The van der Waals surface area contributed by atoms with Crippen molar-refractivity contribution >= 4 is 40.8 Å². The molecule has 3 rings (SSSR count). The quantitative estimate of drug-likeness (QED) is 0.322. The van der Waals surface area contributed by atoms with E-state index in [0.717, 1.165) is 27.8 Å². The first-order valence-corrected chi connectivity index (χ1v) is 11.3. The number of nitrogens with one attached hydrogen (secondary N) is 2. The van der Waals surface area contributed by atoms with Gasteiger partial charge in [-0.1, -0.05) is 30.8 Å². The fourth-order valence-corrected chi connectivity index (χ4v) is 4.02. The van der Waals surface area contributed by atoms with Gasteiger partial charge in [0.2, 0.25) is 11.1 Å². The third-order valence-electron chi connectivity index (χ3n) is 4.07. The SMILES string of the molecule is CCSc1ccccc1NC(=O)CSc1nnc(CNc2ccc(OC)cc2)n1N. The number of nitrogens with zero attached hydrogens (tertiary/aromatic N) is 3. The molecule has 0 atom stereocenters. The highest BCUT2D eigenvalue weighted by Gasteiger charge is 2.13. The smallest absolute Gasteiger partial charge is 0.234 e. The largest absolute Gasteiger partial charge is 0.497 e. The Morgan fingerprint density at radius 1 is 1.13 bits per heavy atom. The maximum Gasteiger partial charge on any atom is 0.234 e. The number of methoxy groups -OCH3 is 1. The summed E-state index contributed by atoms with van der Waals surface area (Å²) in [6.45, 7) is 2.48. The summed E-state index contributed by atoms with van der Waals surface area (Å²) in [5.41, 5.74) is 1.73. The molecule has 2 aromatic carbocycles. The van der Waals surface area contributed by atoms with Crippen molar-refractivity contribution in [3.8, 4) is 5.75 Å². The topological polar surface area (TPSA) is 107 Å². The van der Waals surface area contributed by atoms with E-state index in [2.05, 4.69) is 27.8 Å². The summed E-state index contributed by atoms with van der Waals surface area (Å²) in [7, 11) is 1.63. The molecule has 10 heteroatoms. The van der Waals surface area contributed by atoms with Gasteiger partial charge in [-0.2, -0.15) is 0 Å². The third-order valence-corrected chi connectivity index (χ3v) is 5.97. The number of carbonyl (C=O) groups excluding carboxylic acids is 1. The molecule has 8 nitrogen and oxygen atoms in total. The van der Waals surface area contributed by atoms with Gasteiger partial charge in [-0.3, -0.25) is 4.79 Å². The van der Waals surface area contributed by atoms with Crippen LogP contribution in [0, 0.1) is 0 Å². The number of benzene rings is 2. The number of para-hydroxylation sites is 1. The van der Waals surface area contributed by atoms with Crippen LogP contribution in [0.4, 0.5) is 11.4 Å². The van der Waals surface area contributed by atoms with Gasteiger partial charge >= 0.3 is 0 Å². The Balaban J connectivity index is 1.52. The molecule has 158 valence electrons. The van der Waals surface area contributed by atoms with Gasteiger partial charge in [0.15, 0.2) is 5.82 Å². The number of nitrogen functional groups attached to an aromatic ring is 1. The van der Waals surface area contributed by atoms with E-state index in [1.165, 1.54) is 16.4 Å². The Hall–Kier alpha value is -2.85. The average molecular weight is 445 g/mol. The lowest BCUT2D eigenvalue weighted by Crippen LogP contribution is -2.18. The third kappa shape index (κ3) is 5.83. The Kier molecular flexibility index (Phi) is 7.86. The zero-order chi connectivity index (χ0) is 21.3. The van der Waals surface area contributed by atoms with Gasteiger partial charge < -0.3 is 21.2 Å². The van der Waals surface area contributed by atoms with Crippen LogP contribution in [-0.2, 0) is 11.3 Å². The van der Waals surface area contributed by atoms with Gasteiger partial charge in [-0.05, 0) is 42.2 Å². The predicted molar refractivity (Wildman–Crippen MR) is 123 cm³/mol. The van der Waals surface area contributed by atoms with Crippen LogP contribution in [0.5, 0.6) is 5.75 Å². The normalized spacial score (nSPS) is 10.6. The van der Waals surface area contributed by atoms with Crippen molar-refractivity contribution in [1.29, 1.82) is 0 Å². The van der Waals surface area contributed by atoms with Crippen molar-refractivity contribution in [3.63, 3.8) is 0 Å². The summed E-state index contributed by atoms with van der Waals surface area (Å²) in [6.07, 6.45) is 0. The van der Waals surface area contributed by atoms with E-state index in [-0.39, 0.29) is 11.7 Å². The van der Waals surface area contributed by atoms with Crippen LogP contribution in [0.1, 0.15) is 12.7 Å². The first kappa shape index (κ1) is 21.8. The molecule has 1 aromatic heterocycles. The second kappa shape index (κ2) is 10.8. The molecule has 1 heterocycles. The second-order valence-electron chi connectivity index (χ2n) is 6.12. The molecule has 3 aromatic rings. The molecule has 0 aliphatic rings. The molecular formula is C20H24N6O2S2. The average Bonchev–Trinajstić information content (AvgIpc) is 3.12. The van der Waals surface area contributed by atoms with E-state index < -0.39 is 0 Å². The molecule has 1 amide bonds. The summed E-state index contributed by atoms with van der Waals surface area (Å²) < 4.78 is 6.54. The van der Waals surface area contributed by atoms with Crippen LogP contribution in [0.3, 0.4) is 0 Å². The number of hydrogen-bond donors (Lipinski definition) is 3. The molecule has 0 aliphatic carbocycles. The molecule has 0 unspecified atom stereocenters. The fraction of sp³-hybridized carbons (Fsp3) is 0.250. The number of anilines is 2. The number of carbonyl (C=O) groups is 1. The molecule has 0 aliphatic heterocycles. The molecule has 0 radical (unpaired) electrons. The highest BCUT2D eigenvalue weighted by atomic mass is 32.2. The van der Waals surface area contributed by atoms with Crippen LogP contribution in [0.2, 0.25) is 0 Å². The van der Waals surface area contributed by atoms with Crippen LogP contribution < -0.4 is 21.2 Å². The van der Waals surface area contributed by atoms with Crippen LogP contribution >= 0.6 is 23.5 Å². The first-order valence-electron chi connectivity index (χ1n) is 9.32. The number of rotatable bonds is 10. The van der Waals surface area contributed by atoms with E-state index in [1.807, 2.05) is 48.5 Å². The molecular weight excluding hydrogens is 420 g/mol. The monoisotopic (exact) mass is 444 g/mol. The van der Waals surface area contributed by atoms with E-state index in [1.54, 1.807) is 18.9 Å². The lowest BCUT2D eigenvalue weighted by Gasteiger charge is -2.10. The number of amides is 1. The van der Waals surface area contributed by atoms with Gasteiger partial charge in [-0.15, -0.1) is 22.0 Å². The molecule has 4 N–H and O–H groups in total. The van der Waals surface area contributed by atoms with Gasteiger partial charge in [0.1, 0.15) is 5.75 Å². The van der Waals surface area contributed by atoms with Gasteiger partial charge in [0.05, 0.1) is 25.1 Å². The second-order valence-corrected chi connectivity index (χ2v) is 8.37. The maximum absolute atomic E-state index is 12.4. The Morgan fingerprint density at radius 3 is 2.63 bits per heavy atom. The maximum atomic E-state index is 12.4. The summed E-state index contributed by atoms with van der Waals surface area (Å²) in [5.74, 6) is 8.45. The Bertz CT molecular complexity index is 978. The minimum atomic E-state index is -0.120. The van der Waals surface area contributed by atoms with Crippen molar-refractivity contribution in [3.05, 3.63) is 54.4 Å². The molecule has 0 saturated carbocycles. The lowest BCUT2D eigenvalue weighted by molar-refractivity contribution is -0.113. The van der Waals surface area contributed by atoms with Crippen LogP contribution in [0.15, 0.2) is 58.6 Å². The number of ether oxygens (including phenoxy) is 1. The fourth-order valence-electron chi connectivity index (χ4n) is 2.58. The number of nitrogens with two attached hydrogens (primary N) is 1. The molecule has 0 saturated heterocycles. The minimum absolute atomic E-state index is 0.120. The Labute approximate surface area is 183 Å². The molecule has 30 heavy (non-hydrogen) atoms. The van der Waals surface area contributed by atoms with Gasteiger partial charge in [0.25, 0.3) is 0 Å². The highest BCUT2D eigenvalue weighted by molar-refractivity contribution is 8.00. The minimum Gasteiger partial charge on any atom is -0.497 e. The summed E-state index contributed by atoms with van der Waals surface area (Å²) >= 11 is 2.93. The van der Waals surface area contributed by atoms with Gasteiger partial charge in [-0.25, -0.2) is 4.68 Å². The zero-order valence-corrected chi connectivity index (χ0v) is 18.4. The standard InChI is InChI=1S/C20H24N6O2S2/c1-3-29-17-7-5-4-6-16(17)23-19(27)13-30-20-25-24-18(26(20)21)12-22-14-8-10-15(28-2)11-9-14/h4-11,22H,3,12-13,21H2,1-2H3,(H,23,27). The highest BCUT2D eigenvalue weighted by Crippen LogP contribution is 2.27. The van der Waals surface area contributed by atoms with E-state index in [0.29, 0.717) is 17.5 Å². The van der Waals surface area contributed by atoms with Crippen molar-refractivity contribution < 1.29 is 9.53 Å². The lowest BCUT2D eigenvalue weighted by atomic mass is 10.3. The molecule has 0 spiro atoms. The van der Waals surface area contributed by atoms with Crippen LogP contribution in [0.25, 0.3) is 0 Å². The summed E-state index contributed by atoms with van der Waals surface area (Å²) in [6, 6.07) is 15.3. The summed E-state index contributed by atoms with van der Waals surface area (Å²) in [5, 5.41) is 14.9. The first-order chi connectivity index (χ1) is 14.6. The van der Waals surface area contributed by atoms with E-state index >= 15 is 0 Å². The molecule has 0 fully saturated rings. The number of aromatic nitrogens is 3. The van der Waals surface area contributed by atoms with E-state index in [9.17, 15) is 4.79 Å². The molecule has 0 bridgehead atoms. The van der Waals surface area contributed by atoms with Gasteiger partial charge in [0, 0.05) is 10.6 Å². The zero-order valence-electron chi connectivity index (χ0n) is 16.8. The summed E-state index contributed by atoms with van der Waals surface area (Å²) in [4.78, 5) is 13.4. The number of thioether (sulfide) groups is 2. The van der Waals surface area contributed by atoms with Crippen molar-refractivity contribution in [2.75, 3.05) is 35.1 Å². The Morgan fingerprint density at radius 2 is 1.90 bits per heavy atom.